The monoisotopic (exact) mass is 235 g/mol. The first-order valence-electron chi connectivity index (χ1n) is 4.41. The molecule has 0 aliphatic carbocycles. The van der Waals surface area contributed by atoms with E-state index in [2.05, 4.69) is 0 Å². The van der Waals surface area contributed by atoms with Gasteiger partial charge in [-0.05, 0) is 12.3 Å². The van der Waals surface area contributed by atoms with E-state index in [1.807, 2.05) is 0 Å². The van der Waals surface area contributed by atoms with Gasteiger partial charge in [0.25, 0.3) is 0 Å². The molecule has 0 spiro atoms. The molecule has 0 aromatic heterocycles. The van der Waals surface area contributed by atoms with Crippen LogP contribution in [0, 0.1) is 5.92 Å². The molecule has 1 aliphatic heterocycles. The predicted octanol–water partition coefficient (Wildman–Crippen LogP) is -1.41. The molecule has 0 bridgehead atoms. The first-order valence-corrected chi connectivity index (χ1v) is 6.02. The van der Waals surface area contributed by atoms with Crippen molar-refractivity contribution in [1.29, 1.82) is 0 Å². The van der Waals surface area contributed by atoms with Crippen LogP contribution in [0.25, 0.3) is 0 Å². The van der Waals surface area contributed by atoms with E-state index in [4.69, 9.17) is 11.5 Å². The molecule has 1 aliphatic rings. The van der Waals surface area contributed by atoms with E-state index in [1.54, 1.807) is 0 Å². The zero-order valence-corrected chi connectivity index (χ0v) is 8.87. The number of rotatable bonds is 2. The van der Waals surface area contributed by atoms with Gasteiger partial charge in [0.1, 0.15) is 0 Å². The normalized spacial score (nSPS) is 24.8. The number of nitrogens with zero attached hydrogens (tertiary/aromatic N) is 1. The molecule has 0 aromatic rings. The fourth-order valence-electron chi connectivity index (χ4n) is 1.54. The Kier molecular flexibility index (Phi) is 3.18. The Bertz CT molecular complexity index is 378. The van der Waals surface area contributed by atoms with Crippen molar-refractivity contribution in [2.45, 2.75) is 12.8 Å². The lowest BCUT2D eigenvalue weighted by molar-refractivity contribution is -0.119. The molecule has 8 heteroatoms. The van der Waals surface area contributed by atoms with Crippen molar-refractivity contribution in [2.24, 2.45) is 17.4 Å². The summed E-state index contributed by atoms with van der Waals surface area (Å²) in [6.07, 6.45) is 0.397. The maximum Gasteiger partial charge on any atom is 0.328 e. The molecule has 0 saturated carbocycles. The smallest absolute Gasteiger partial charge is 0.328 e. The summed E-state index contributed by atoms with van der Waals surface area (Å²) in [6, 6.07) is -1.01. The van der Waals surface area contributed by atoms with E-state index in [-0.39, 0.29) is 24.6 Å². The molecule has 1 fully saturated rings. The fraction of sp³-hybridized carbons (Fsp3) is 0.714. The quantitative estimate of drug-likeness (QED) is 0.610. The number of hydrogen-bond donors (Lipinski definition) is 2. The van der Waals surface area contributed by atoms with Crippen LogP contribution < -0.4 is 11.5 Å². The van der Waals surface area contributed by atoms with Crippen molar-refractivity contribution < 1.29 is 18.0 Å². The summed E-state index contributed by atoms with van der Waals surface area (Å²) < 4.78 is 23.3. The van der Waals surface area contributed by atoms with E-state index in [0.29, 0.717) is 10.7 Å². The topological polar surface area (TPSA) is 124 Å². The first kappa shape index (κ1) is 11.8. The SMILES string of the molecule is NC(=O)CC1CCS(=O)(=O)N(C(N)=O)C1. The van der Waals surface area contributed by atoms with Gasteiger partial charge in [-0.3, -0.25) is 4.79 Å². The summed E-state index contributed by atoms with van der Waals surface area (Å²) in [5.74, 6) is -0.907. The van der Waals surface area contributed by atoms with Gasteiger partial charge in [0, 0.05) is 13.0 Å². The van der Waals surface area contributed by atoms with Crippen LogP contribution >= 0.6 is 0 Å². The van der Waals surface area contributed by atoms with E-state index >= 15 is 0 Å². The highest BCUT2D eigenvalue weighted by Gasteiger charge is 2.34. The summed E-state index contributed by atoms with van der Waals surface area (Å²) in [6.45, 7) is -0.0550. The minimum absolute atomic E-state index is 0.0550. The van der Waals surface area contributed by atoms with Gasteiger partial charge >= 0.3 is 6.03 Å². The summed E-state index contributed by atoms with van der Waals surface area (Å²) >= 11 is 0. The van der Waals surface area contributed by atoms with Crippen LogP contribution in [0.1, 0.15) is 12.8 Å². The van der Waals surface area contributed by atoms with Crippen LogP contribution in [0.4, 0.5) is 4.79 Å². The van der Waals surface area contributed by atoms with Gasteiger partial charge < -0.3 is 11.5 Å². The summed E-state index contributed by atoms with van der Waals surface area (Å²) in [5, 5.41) is 0. The molecule has 1 unspecified atom stereocenters. The summed E-state index contributed by atoms with van der Waals surface area (Å²) in [5.41, 5.74) is 9.92. The highest BCUT2D eigenvalue weighted by Crippen LogP contribution is 2.21. The van der Waals surface area contributed by atoms with Crippen molar-refractivity contribution in [3.05, 3.63) is 0 Å². The molecule has 15 heavy (non-hydrogen) atoms. The lowest BCUT2D eigenvalue weighted by Crippen LogP contribution is -2.48. The number of nitrogens with two attached hydrogens (primary N) is 2. The number of sulfonamides is 1. The van der Waals surface area contributed by atoms with E-state index in [9.17, 15) is 18.0 Å². The Morgan fingerprint density at radius 1 is 1.33 bits per heavy atom. The minimum atomic E-state index is -3.58. The van der Waals surface area contributed by atoms with E-state index in [1.165, 1.54) is 0 Å². The average molecular weight is 235 g/mol. The second kappa shape index (κ2) is 4.05. The average Bonchev–Trinajstić information content (AvgIpc) is 2.06. The Morgan fingerprint density at radius 2 is 1.93 bits per heavy atom. The van der Waals surface area contributed by atoms with Crippen LogP contribution in [-0.4, -0.2) is 37.0 Å². The van der Waals surface area contributed by atoms with Gasteiger partial charge in [-0.15, -0.1) is 0 Å². The fourth-order valence-corrected chi connectivity index (χ4v) is 3.11. The number of amides is 3. The molecule has 0 aromatic carbocycles. The van der Waals surface area contributed by atoms with Crippen LogP contribution in [0.2, 0.25) is 0 Å². The van der Waals surface area contributed by atoms with E-state index in [0.717, 1.165) is 0 Å². The van der Waals surface area contributed by atoms with Crippen molar-refractivity contribution in [3.8, 4) is 0 Å². The molecule has 7 nitrogen and oxygen atoms in total. The Labute approximate surface area is 87.4 Å². The molecule has 1 saturated heterocycles. The first-order chi connectivity index (χ1) is 6.83. The second-order valence-corrected chi connectivity index (χ2v) is 5.52. The number of carbonyl (C=O) groups excluding carboxylic acids is 2. The largest absolute Gasteiger partial charge is 0.370 e. The maximum absolute atomic E-state index is 11.4. The van der Waals surface area contributed by atoms with Gasteiger partial charge in [0.2, 0.25) is 15.9 Å². The number of urea groups is 1. The van der Waals surface area contributed by atoms with E-state index < -0.39 is 22.0 Å². The zero-order chi connectivity index (χ0) is 11.6. The van der Waals surface area contributed by atoms with Crippen molar-refractivity contribution in [1.82, 2.24) is 4.31 Å². The Hall–Kier alpha value is -1.31. The van der Waals surface area contributed by atoms with Gasteiger partial charge in [-0.1, -0.05) is 0 Å². The van der Waals surface area contributed by atoms with Gasteiger partial charge in [0.15, 0.2) is 0 Å². The lowest BCUT2D eigenvalue weighted by atomic mass is 10.0. The van der Waals surface area contributed by atoms with Crippen LogP contribution in [-0.2, 0) is 14.8 Å². The third kappa shape index (κ3) is 2.82. The zero-order valence-electron chi connectivity index (χ0n) is 8.05. The maximum atomic E-state index is 11.4. The molecule has 1 atom stereocenters. The third-order valence-corrected chi connectivity index (χ3v) is 4.03. The van der Waals surface area contributed by atoms with Crippen LogP contribution in [0.5, 0.6) is 0 Å². The Balaban J connectivity index is 2.75. The van der Waals surface area contributed by atoms with Crippen LogP contribution in [0.3, 0.4) is 0 Å². The number of primary amides is 2. The molecule has 1 heterocycles. The Morgan fingerprint density at radius 3 is 2.40 bits per heavy atom. The van der Waals surface area contributed by atoms with Crippen molar-refractivity contribution in [3.63, 3.8) is 0 Å². The van der Waals surface area contributed by atoms with Gasteiger partial charge in [0.05, 0.1) is 5.75 Å². The summed E-state index contributed by atoms with van der Waals surface area (Å²) in [7, 11) is -3.58. The van der Waals surface area contributed by atoms with Crippen molar-refractivity contribution in [2.75, 3.05) is 12.3 Å². The molecule has 86 valence electrons. The van der Waals surface area contributed by atoms with Gasteiger partial charge in [-0.25, -0.2) is 17.5 Å². The van der Waals surface area contributed by atoms with Crippen LogP contribution in [0.15, 0.2) is 0 Å². The predicted molar refractivity (Wildman–Crippen MR) is 52.0 cm³/mol. The minimum Gasteiger partial charge on any atom is -0.370 e. The lowest BCUT2D eigenvalue weighted by Gasteiger charge is -2.30. The second-order valence-electron chi connectivity index (χ2n) is 3.51. The van der Waals surface area contributed by atoms with Gasteiger partial charge in [-0.2, -0.15) is 0 Å². The number of carbonyl (C=O) groups is 2. The molecule has 0 radical (unpaired) electrons. The third-order valence-electron chi connectivity index (χ3n) is 2.28. The molecular weight excluding hydrogens is 222 g/mol. The molecule has 1 rings (SSSR count). The summed E-state index contributed by atoms with van der Waals surface area (Å²) in [4.78, 5) is 21.5. The standard InChI is InChI=1S/C7H13N3O4S/c8-6(11)3-5-1-2-15(13,14)10(4-5)7(9)12/h5H,1-4H2,(H2,8,11)(H2,9,12). The molecule has 4 N–H and O–H groups in total. The van der Waals surface area contributed by atoms with Crippen molar-refractivity contribution >= 4 is 22.0 Å². The highest BCUT2D eigenvalue weighted by molar-refractivity contribution is 7.89. The highest BCUT2D eigenvalue weighted by atomic mass is 32.2. The molecule has 3 amide bonds. The molecular formula is C7H13N3O4S. The number of hydrogen-bond acceptors (Lipinski definition) is 4.